The molecule has 0 spiro atoms. The molecule has 4 nitrogen and oxygen atoms in total. The van der Waals surface area contributed by atoms with Crippen molar-refractivity contribution in [2.75, 3.05) is 11.9 Å². The Labute approximate surface area is 115 Å². The first kappa shape index (κ1) is 14.0. The van der Waals surface area contributed by atoms with Crippen LogP contribution in [0, 0.1) is 5.92 Å². The molecule has 0 N–H and O–H groups in total. The number of carbonyl (C=O) groups excluding carboxylic acids is 1. The standard InChI is InChI=1S/C15H23N3O/c1-11(2)8-12-9-16-15(17-10-12)18(3)13-4-6-14(19)7-5-13/h9-11,13H,4-8H2,1-3H3. The molecule has 0 saturated heterocycles. The molecule has 0 radical (unpaired) electrons. The number of anilines is 1. The fraction of sp³-hybridized carbons (Fsp3) is 0.667. The Kier molecular flexibility index (Phi) is 4.51. The molecule has 0 unspecified atom stereocenters. The molecule has 0 aliphatic heterocycles. The van der Waals surface area contributed by atoms with E-state index in [-0.39, 0.29) is 0 Å². The van der Waals surface area contributed by atoms with Gasteiger partial charge in [0.25, 0.3) is 0 Å². The van der Waals surface area contributed by atoms with E-state index in [2.05, 4.69) is 28.7 Å². The van der Waals surface area contributed by atoms with E-state index in [1.165, 1.54) is 5.56 Å². The van der Waals surface area contributed by atoms with E-state index in [1.54, 1.807) is 0 Å². The highest BCUT2D eigenvalue weighted by Gasteiger charge is 2.23. The highest BCUT2D eigenvalue weighted by molar-refractivity contribution is 5.79. The predicted octanol–water partition coefficient (Wildman–Crippen LogP) is 2.62. The van der Waals surface area contributed by atoms with Gasteiger partial charge < -0.3 is 4.90 Å². The van der Waals surface area contributed by atoms with Crippen molar-refractivity contribution in [1.82, 2.24) is 9.97 Å². The lowest BCUT2D eigenvalue weighted by molar-refractivity contribution is -0.120. The summed E-state index contributed by atoms with van der Waals surface area (Å²) in [4.78, 5) is 22.3. The van der Waals surface area contributed by atoms with E-state index in [9.17, 15) is 4.79 Å². The van der Waals surface area contributed by atoms with Crippen molar-refractivity contribution >= 4 is 11.7 Å². The first-order valence-electron chi connectivity index (χ1n) is 7.11. The second kappa shape index (κ2) is 6.13. The largest absolute Gasteiger partial charge is 0.341 e. The van der Waals surface area contributed by atoms with Crippen LogP contribution in [0.1, 0.15) is 45.1 Å². The molecule has 1 aliphatic carbocycles. The third kappa shape index (κ3) is 3.75. The zero-order valence-corrected chi connectivity index (χ0v) is 12.1. The number of Topliss-reactive ketones (excluding diaryl/α,β-unsaturated/α-hetero) is 1. The van der Waals surface area contributed by atoms with Crippen molar-refractivity contribution in [3.63, 3.8) is 0 Å². The number of hydrogen-bond donors (Lipinski definition) is 0. The summed E-state index contributed by atoms with van der Waals surface area (Å²) in [6, 6.07) is 0.397. The molecular weight excluding hydrogens is 238 g/mol. The quantitative estimate of drug-likeness (QED) is 0.836. The number of carbonyl (C=O) groups is 1. The average Bonchev–Trinajstić information content (AvgIpc) is 2.39. The fourth-order valence-corrected chi connectivity index (χ4v) is 2.58. The summed E-state index contributed by atoms with van der Waals surface area (Å²) in [6.45, 7) is 4.39. The maximum Gasteiger partial charge on any atom is 0.225 e. The molecule has 1 saturated carbocycles. The Bertz CT molecular complexity index is 418. The molecule has 1 aromatic heterocycles. The Hall–Kier alpha value is -1.45. The maximum atomic E-state index is 11.3. The number of nitrogens with zero attached hydrogens (tertiary/aromatic N) is 3. The summed E-state index contributed by atoms with van der Waals surface area (Å²) < 4.78 is 0. The van der Waals surface area contributed by atoms with E-state index in [4.69, 9.17) is 0 Å². The lowest BCUT2D eigenvalue weighted by Gasteiger charge is -2.30. The molecule has 0 atom stereocenters. The first-order valence-corrected chi connectivity index (χ1v) is 7.11. The van der Waals surface area contributed by atoms with Gasteiger partial charge in [0.2, 0.25) is 5.95 Å². The fourth-order valence-electron chi connectivity index (χ4n) is 2.58. The minimum Gasteiger partial charge on any atom is -0.341 e. The van der Waals surface area contributed by atoms with Crippen LogP contribution in [0.15, 0.2) is 12.4 Å². The summed E-state index contributed by atoms with van der Waals surface area (Å²) >= 11 is 0. The van der Waals surface area contributed by atoms with Gasteiger partial charge in [-0.3, -0.25) is 4.79 Å². The van der Waals surface area contributed by atoms with Crippen molar-refractivity contribution < 1.29 is 4.79 Å². The van der Waals surface area contributed by atoms with E-state index in [1.807, 2.05) is 19.4 Å². The first-order chi connectivity index (χ1) is 9.06. The van der Waals surface area contributed by atoms with Gasteiger partial charge in [-0.1, -0.05) is 13.8 Å². The molecule has 2 rings (SSSR count). The Morgan fingerprint density at radius 3 is 2.37 bits per heavy atom. The zero-order valence-electron chi connectivity index (χ0n) is 12.1. The van der Waals surface area contributed by atoms with Crippen LogP contribution >= 0.6 is 0 Å². The summed E-state index contributed by atoms with van der Waals surface area (Å²) in [5, 5.41) is 0. The van der Waals surface area contributed by atoms with Crippen LogP contribution in [0.5, 0.6) is 0 Å². The van der Waals surface area contributed by atoms with Crippen molar-refractivity contribution in [3.05, 3.63) is 18.0 Å². The monoisotopic (exact) mass is 261 g/mol. The molecule has 104 valence electrons. The van der Waals surface area contributed by atoms with Gasteiger partial charge in [0.05, 0.1) is 0 Å². The summed E-state index contributed by atoms with van der Waals surface area (Å²) in [7, 11) is 2.03. The van der Waals surface area contributed by atoms with Gasteiger partial charge in [-0.25, -0.2) is 9.97 Å². The van der Waals surface area contributed by atoms with E-state index in [0.717, 1.165) is 25.2 Å². The molecule has 0 aromatic carbocycles. The van der Waals surface area contributed by atoms with Gasteiger partial charge in [-0.15, -0.1) is 0 Å². The number of aromatic nitrogens is 2. The van der Waals surface area contributed by atoms with Gasteiger partial charge >= 0.3 is 0 Å². The predicted molar refractivity (Wildman–Crippen MR) is 76.2 cm³/mol. The van der Waals surface area contributed by atoms with Crippen molar-refractivity contribution in [3.8, 4) is 0 Å². The van der Waals surface area contributed by atoms with Gasteiger partial charge in [-0.2, -0.15) is 0 Å². The van der Waals surface area contributed by atoms with Crippen molar-refractivity contribution in [1.29, 1.82) is 0 Å². The number of ketones is 1. The van der Waals surface area contributed by atoms with Crippen LogP contribution in [0.25, 0.3) is 0 Å². The van der Waals surface area contributed by atoms with Crippen molar-refractivity contribution in [2.24, 2.45) is 5.92 Å². The zero-order chi connectivity index (χ0) is 13.8. The van der Waals surface area contributed by atoms with Crippen LogP contribution < -0.4 is 4.90 Å². The summed E-state index contributed by atoms with van der Waals surface area (Å²) in [6.07, 6.45) is 8.10. The normalized spacial score (nSPS) is 16.9. The van der Waals surface area contributed by atoms with Crippen LogP contribution in [-0.2, 0) is 11.2 Å². The Morgan fingerprint density at radius 2 is 1.84 bits per heavy atom. The molecule has 1 fully saturated rings. The Balaban J connectivity index is 1.99. The summed E-state index contributed by atoms with van der Waals surface area (Å²) in [5.41, 5.74) is 1.19. The smallest absolute Gasteiger partial charge is 0.225 e. The van der Waals surface area contributed by atoms with Crippen LogP contribution in [0.2, 0.25) is 0 Å². The van der Waals surface area contributed by atoms with Gasteiger partial charge in [0, 0.05) is 38.3 Å². The third-order valence-electron chi connectivity index (χ3n) is 3.71. The van der Waals surface area contributed by atoms with E-state index in [0.29, 0.717) is 30.6 Å². The highest BCUT2D eigenvalue weighted by atomic mass is 16.1. The minimum atomic E-state index is 0.387. The Morgan fingerprint density at radius 1 is 1.26 bits per heavy atom. The molecule has 0 amide bonds. The topological polar surface area (TPSA) is 46.1 Å². The van der Waals surface area contributed by atoms with E-state index >= 15 is 0 Å². The second-order valence-electron chi connectivity index (χ2n) is 5.87. The lowest BCUT2D eigenvalue weighted by Crippen LogP contribution is -2.36. The second-order valence-corrected chi connectivity index (χ2v) is 5.87. The molecule has 1 heterocycles. The van der Waals surface area contributed by atoms with Crippen LogP contribution in [-0.4, -0.2) is 28.8 Å². The number of hydrogen-bond acceptors (Lipinski definition) is 4. The maximum absolute atomic E-state index is 11.3. The summed E-state index contributed by atoms with van der Waals surface area (Å²) in [5.74, 6) is 1.78. The average molecular weight is 261 g/mol. The van der Waals surface area contributed by atoms with Crippen LogP contribution in [0.3, 0.4) is 0 Å². The highest BCUT2D eigenvalue weighted by Crippen LogP contribution is 2.22. The number of rotatable bonds is 4. The molecule has 1 aliphatic rings. The molecule has 0 bridgehead atoms. The van der Waals surface area contributed by atoms with Gasteiger partial charge in [-0.05, 0) is 30.7 Å². The van der Waals surface area contributed by atoms with Crippen LogP contribution in [0.4, 0.5) is 5.95 Å². The van der Waals surface area contributed by atoms with E-state index < -0.39 is 0 Å². The molecular formula is C15H23N3O. The van der Waals surface area contributed by atoms with Crippen molar-refractivity contribution in [2.45, 2.75) is 52.0 Å². The third-order valence-corrected chi connectivity index (χ3v) is 3.71. The molecule has 4 heteroatoms. The molecule has 1 aromatic rings. The minimum absolute atomic E-state index is 0.387. The molecule has 19 heavy (non-hydrogen) atoms. The van der Waals surface area contributed by atoms with Gasteiger partial charge in [0.1, 0.15) is 5.78 Å². The lowest BCUT2D eigenvalue weighted by atomic mass is 9.93. The van der Waals surface area contributed by atoms with Gasteiger partial charge in [0.15, 0.2) is 0 Å². The SMILES string of the molecule is CC(C)Cc1cnc(N(C)C2CCC(=O)CC2)nc1.